The molecule has 0 saturated heterocycles. The van der Waals surface area contributed by atoms with Gasteiger partial charge in [0.15, 0.2) is 0 Å². The van der Waals surface area contributed by atoms with Gasteiger partial charge in [-0.3, -0.25) is 9.69 Å². The molecule has 0 saturated carbocycles. The smallest absolute Gasteiger partial charge is 0.328 e. The SMILES string of the molecule is O=C(NC[C@H](NC(=O)c1c(Cl)cc2c(c1Cl)CCN(Cc1ccc(F)cc1)C2)C(=O)O)N[C@@H]1CCc2ccccc21. The van der Waals surface area contributed by atoms with E-state index in [0.717, 1.165) is 35.1 Å². The van der Waals surface area contributed by atoms with Crippen molar-refractivity contribution in [3.63, 3.8) is 0 Å². The lowest BCUT2D eigenvalue weighted by molar-refractivity contribution is -0.139. The minimum atomic E-state index is -1.40. The molecule has 2 atom stereocenters. The maximum atomic E-state index is 13.2. The molecule has 0 unspecified atom stereocenters. The number of carbonyl (C=O) groups excluding carboxylic acids is 2. The first kappa shape index (κ1) is 28.9. The summed E-state index contributed by atoms with van der Waals surface area (Å²) >= 11 is 13.1. The fourth-order valence-electron chi connectivity index (χ4n) is 5.44. The average molecular weight is 599 g/mol. The monoisotopic (exact) mass is 598 g/mol. The molecule has 3 amide bonds. The van der Waals surface area contributed by atoms with Gasteiger partial charge in [0.1, 0.15) is 11.9 Å². The Morgan fingerprint density at radius 2 is 1.80 bits per heavy atom. The molecule has 0 spiro atoms. The topological polar surface area (TPSA) is 111 Å². The maximum absolute atomic E-state index is 13.2. The fraction of sp³-hybridized carbons (Fsp3) is 0.300. The number of hydrogen-bond acceptors (Lipinski definition) is 4. The number of halogens is 3. The molecule has 8 nitrogen and oxygen atoms in total. The van der Waals surface area contributed by atoms with Gasteiger partial charge in [0.2, 0.25) is 0 Å². The van der Waals surface area contributed by atoms with Gasteiger partial charge in [0.25, 0.3) is 5.91 Å². The fourth-order valence-corrected chi connectivity index (χ4v) is 6.21. The summed E-state index contributed by atoms with van der Waals surface area (Å²) in [5.41, 5.74) is 4.83. The number of fused-ring (bicyclic) bond motifs is 2. The Bertz CT molecular complexity index is 1480. The largest absolute Gasteiger partial charge is 0.480 e. The molecule has 0 aromatic heterocycles. The number of benzene rings is 3. The molecule has 1 aliphatic heterocycles. The first-order valence-electron chi connectivity index (χ1n) is 13.3. The molecule has 1 aliphatic carbocycles. The lowest BCUT2D eigenvalue weighted by atomic mass is 9.96. The van der Waals surface area contributed by atoms with Crippen molar-refractivity contribution in [3.8, 4) is 0 Å². The van der Waals surface area contributed by atoms with Gasteiger partial charge in [-0.2, -0.15) is 0 Å². The van der Waals surface area contributed by atoms with Crippen LogP contribution in [-0.4, -0.2) is 47.0 Å². The molecule has 41 heavy (non-hydrogen) atoms. The first-order valence-corrected chi connectivity index (χ1v) is 14.1. The lowest BCUT2D eigenvalue weighted by Crippen LogP contribution is -2.50. The van der Waals surface area contributed by atoms with Crippen LogP contribution in [0.5, 0.6) is 0 Å². The summed E-state index contributed by atoms with van der Waals surface area (Å²) in [5, 5.41) is 17.9. The molecule has 3 aromatic carbocycles. The van der Waals surface area contributed by atoms with Crippen LogP contribution in [0.4, 0.5) is 9.18 Å². The Balaban J connectivity index is 1.21. The van der Waals surface area contributed by atoms with Crippen LogP contribution in [-0.2, 0) is 30.7 Å². The van der Waals surface area contributed by atoms with Gasteiger partial charge in [-0.15, -0.1) is 0 Å². The lowest BCUT2D eigenvalue weighted by Gasteiger charge is -2.30. The third-order valence-electron chi connectivity index (χ3n) is 7.54. The summed E-state index contributed by atoms with van der Waals surface area (Å²) in [5.74, 6) is -2.34. The van der Waals surface area contributed by atoms with E-state index in [1.54, 1.807) is 18.2 Å². The van der Waals surface area contributed by atoms with Gasteiger partial charge >= 0.3 is 12.0 Å². The highest BCUT2D eigenvalue weighted by Gasteiger charge is 2.29. The van der Waals surface area contributed by atoms with Crippen LogP contribution in [0, 0.1) is 5.82 Å². The molecule has 0 radical (unpaired) electrons. The van der Waals surface area contributed by atoms with E-state index in [-0.39, 0.29) is 34.0 Å². The number of rotatable bonds is 8. The molecule has 4 N–H and O–H groups in total. The van der Waals surface area contributed by atoms with E-state index in [9.17, 15) is 23.9 Å². The van der Waals surface area contributed by atoms with Crippen molar-refractivity contribution in [2.24, 2.45) is 0 Å². The van der Waals surface area contributed by atoms with Crippen LogP contribution < -0.4 is 16.0 Å². The molecule has 214 valence electrons. The third-order valence-corrected chi connectivity index (χ3v) is 8.25. The molecule has 0 fully saturated rings. The van der Waals surface area contributed by atoms with Crippen LogP contribution in [0.3, 0.4) is 0 Å². The summed E-state index contributed by atoms with van der Waals surface area (Å²) in [6, 6.07) is 13.8. The summed E-state index contributed by atoms with van der Waals surface area (Å²) in [7, 11) is 0. The molecule has 11 heteroatoms. The second-order valence-corrected chi connectivity index (χ2v) is 11.1. The average Bonchev–Trinajstić information content (AvgIpc) is 3.34. The minimum absolute atomic E-state index is 0.00247. The van der Waals surface area contributed by atoms with Gasteiger partial charge in [0, 0.05) is 19.6 Å². The van der Waals surface area contributed by atoms with Gasteiger partial charge in [-0.1, -0.05) is 59.6 Å². The number of nitrogens with one attached hydrogen (secondary N) is 3. The van der Waals surface area contributed by atoms with Crippen LogP contribution >= 0.6 is 23.2 Å². The third kappa shape index (κ3) is 6.64. The number of carbonyl (C=O) groups is 3. The van der Waals surface area contributed by atoms with E-state index in [0.29, 0.717) is 26.1 Å². The molecule has 3 aromatic rings. The Morgan fingerprint density at radius 3 is 2.56 bits per heavy atom. The van der Waals surface area contributed by atoms with Crippen LogP contribution in [0.25, 0.3) is 0 Å². The quantitative estimate of drug-likeness (QED) is 0.296. The molecular formula is C30H29Cl2FN4O4. The van der Waals surface area contributed by atoms with Crippen LogP contribution in [0.15, 0.2) is 54.6 Å². The van der Waals surface area contributed by atoms with E-state index in [4.69, 9.17) is 23.2 Å². The highest BCUT2D eigenvalue weighted by molar-refractivity contribution is 6.40. The standard InChI is InChI=1S/C30H29Cl2FN4O4/c31-23-13-19-16-37(15-17-5-8-20(33)9-6-17)12-11-22(19)27(32)26(23)28(38)35-25(29(39)40)14-34-30(41)36-24-10-7-18-3-1-2-4-21(18)24/h1-6,8-9,13,24-25H,7,10-12,14-16H2,(H,35,38)(H,39,40)(H2,34,36,41)/t24-,25+/m1/s1. The van der Waals surface area contributed by atoms with Crippen molar-refractivity contribution in [1.82, 2.24) is 20.9 Å². The highest BCUT2D eigenvalue weighted by atomic mass is 35.5. The predicted molar refractivity (Wildman–Crippen MR) is 154 cm³/mol. The number of nitrogens with zero attached hydrogens (tertiary/aromatic N) is 1. The zero-order valence-corrected chi connectivity index (χ0v) is 23.6. The first-order chi connectivity index (χ1) is 19.7. The van der Waals surface area contributed by atoms with Gasteiger partial charge in [-0.25, -0.2) is 14.0 Å². The predicted octanol–water partition coefficient (Wildman–Crippen LogP) is 4.86. The number of aliphatic carboxylic acids is 1. The van der Waals surface area contributed by atoms with Crippen molar-refractivity contribution in [2.45, 2.75) is 44.4 Å². The zero-order chi connectivity index (χ0) is 29.1. The Hall–Kier alpha value is -3.66. The van der Waals surface area contributed by atoms with Gasteiger partial charge in [0.05, 0.1) is 28.2 Å². The Kier molecular flexibility index (Phi) is 8.77. The summed E-state index contributed by atoms with van der Waals surface area (Å²) in [6.07, 6.45) is 2.16. The molecule has 2 aliphatic rings. The summed E-state index contributed by atoms with van der Waals surface area (Å²) in [6.45, 7) is 1.48. The minimum Gasteiger partial charge on any atom is -0.480 e. The van der Waals surface area contributed by atoms with Crippen molar-refractivity contribution >= 4 is 41.1 Å². The van der Waals surface area contributed by atoms with Crippen molar-refractivity contribution < 1.29 is 23.9 Å². The van der Waals surface area contributed by atoms with Crippen molar-refractivity contribution in [1.29, 1.82) is 0 Å². The molecule has 1 heterocycles. The van der Waals surface area contributed by atoms with Gasteiger partial charge < -0.3 is 21.1 Å². The molecular weight excluding hydrogens is 570 g/mol. The van der Waals surface area contributed by atoms with E-state index >= 15 is 0 Å². The van der Waals surface area contributed by atoms with E-state index in [1.165, 1.54) is 17.7 Å². The van der Waals surface area contributed by atoms with Gasteiger partial charge in [-0.05, 0) is 65.3 Å². The zero-order valence-electron chi connectivity index (χ0n) is 22.1. The highest BCUT2D eigenvalue weighted by Crippen LogP contribution is 2.35. The van der Waals surface area contributed by atoms with Crippen LogP contribution in [0.2, 0.25) is 10.0 Å². The van der Waals surface area contributed by atoms with Crippen molar-refractivity contribution in [2.75, 3.05) is 13.1 Å². The number of carboxylic acid groups (broad SMARTS) is 1. The maximum Gasteiger partial charge on any atom is 0.328 e. The number of urea groups is 1. The second kappa shape index (κ2) is 12.5. The number of amides is 3. The Morgan fingerprint density at radius 1 is 1.05 bits per heavy atom. The Labute approximate surface area is 246 Å². The number of carboxylic acids is 1. The van der Waals surface area contributed by atoms with E-state index in [1.807, 2.05) is 24.3 Å². The summed E-state index contributed by atoms with van der Waals surface area (Å²) < 4.78 is 13.2. The van der Waals surface area contributed by atoms with Crippen molar-refractivity contribution in [3.05, 3.63) is 104 Å². The summed E-state index contributed by atoms with van der Waals surface area (Å²) in [4.78, 5) is 39.8. The van der Waals surface area contributed by atoms with E-state index < -0.39 is 23.9 Å². The van der Waals surface area contributed by atoms with Crippen LogP contribution in [0.1, 0.15) is 50.6 Å². The van der Waals surface area contributed by atoms with E-state index in [2.05, 4.69) is 20.9 Å². The number of hydrogen-bond donors (Lipinski definition) is 4. The second-order valence-electron chi connectivity index (χ2n) is 10.3. The molecule has 0 bridgehead atoms. The normalized spacial score (nSPS) is 16.8. The molecule has 5 rings (SSSR count). The number of aryl methyl sites for hydroxylation is 1.